The molecule has 0 radical (unpaired) electrons. The molecule has 1 amide bonds. The molecule has 0 atom stereocenters. The Morgan fingerprint density at radius 2 is 1.80 bits per heavy atom. The van der Waals surface area contributed by atoms with Crippen LogP contribution >= 0.6 is 0 Å². The van der Waals surface area contributed by atoms with Gasteiger partial charge in [0, 0.05) is 5.69 Å². The van der Waals surface area contributed by atoms with Gasteiger partial charge in [0.25, 0.3) is 5.91 Å². The molecular weight excluding hydrogens is 381 g/mol. The summed E-state index contributed by atoms with van der Waals surface area (Å²) in [5.74, 6) is -1.34. The highest BCUT2D eigenvalue weighted by molar-refractivity contribution is 6.05. The van der Waals surface area contributed by atoms with Crippen LogP contribution in [0.1, 0.15) is 34.0 Å². The van der Waals surface area contributed by atoms with Gasteiger partial charge in [-0.05, 0) is 66.9 Å². The average Bonchev–Trinajstić information content (AvgIpc) is 3.16. The third-order valence-electron chi connectivity index (χ3n) is 4.89. The Balaban J connectivity index is 1.64. The zero-order valence-corrected chi connectivity index (χ0v) is 16.5. The van der Waals surface area contributed by atoms with E-state index in [-0.39, 0.29) is 11.1 Å². The van der Waals surface area contributed by atoms with E-state index in [0.717, 1.165) is 23.7 Å². The SMILES string of the molecule is CCc1ccc(-n2nc3cc(C)c(NC(=O)c4ccc(C#N)cc4F)cc3n2)cc1. The maximum Gasteiger partial charge on any atom is 0.258 e. The smallest absolute Gasteiger partial charge is 0.258 e. The predicted molar refractivity (Wildman–Crippen MR) is 112 cm³/mol. The van der Waals surface area contributed by atoms with Crippen LogP contribution < -0.4 is 5.32 Å². The molecule has 0 unspecified atom stereocenters. The average molecular weight is 399 g/mol. The third-order valence-corrected chi connectivity index (χ3v) is 4.89. The Kier molecular flexibility index (Phi) is 4.98. The number of nitriles is 1. The fourth-order valence-electron chi connectivity index (χ4n) is 3.14. The van der Waals surface area contributed by atoms with E-state index in [1.54, 1.807) is 10.9 Å². The van der Waals surface area contributed by atoms with Gasteiger partial charge in [0.1, 0.15) is 16.9 Å². The van der Waals surface area contributed by atoms with Gasteiger partial charge in [0.2, 0.25) is 0 Å². The molecule has 148 valence electrons. The van der Waals surface area contributed by atoms with Gasteiger partial charge in [-0.15, -0.1) is 10.2 Å². The van der Waals surface area contributed by atoms with Crippen molar-refractivity contribution < 1.29 is 9.18 Å². The number of aromatic nitrogens is 3. The molecule has 0 aliphatic carbocycles. The second kappa shape index (κ2) is 7.76. The van der Waals surface area contributed by atoms with Crippen LogP contribution in [-0.2, 0) is 6.42 Å². The Morgan fingerprint density at radius 3 is 2.43 bits per heavy atom. The first-order valence-electron chi connectivity index (χ1n) is 9.46. The van der Waals surface area contributed by atoms with Crippen LogP contribution in [0.3, 0.4) is 0 Å². The Labute approximate surface area is 172 Å². The predicted octanol–water partition coefficient (Wildman–Crippen LogP) is 4.55. The number of anilines is 1. The Bertz CT molecular complexity index is 1300. The van der Waals surface area contributed by atoms with Gasteiger partial charge in [0.05, 0.1) is 22.9 Å². The summed E-state index contributed by atoms with van der Waals surface area (Å²) in [7, 11) is 0. The Morgan fingerprint density at radius 1 is 1.10 bits per heavy atom. The van der Waals surface area contributed by atoms with Crippen molar-refractivity contribution in [1.29, 1.82) is 5.26 Å². The second-order valence-corrected chi connectivity index (χ2v) is 6.93. The number of fused-ring (bicyclic) bond motifs is 1. The van der Waals surface area contributed by atoms with Crippen molar-refractivity contribution >= 4 is 22.6 Å². The molecule has 0 saturated heterocycles. The summed E-state index contributed by atoms with van der Waals surface area (Å²) in [5.41, 5.74) is 4.68. The van der Waals surface area contributed by atoms with E-state index in [2.05, 4.69) is 22.4 Å². The molecule has 7 heteroatoms. The number of hydrogen-bond acceptors (Lipinski definition) is 4. The summed E-state index contributed by atoms with van der Waals surface area (Å²) in [6.45, 7) is 3.93. The quantitative estimate of drug-likeness (QED) is 0.545. The normalized spacial score (nSPS) is 10.7. The van der Waals surface area contributed by atoms with Crippen molar-refractivity contribution in [2.24, 2.45) is 0 Å². The van der Waals surface area contributed by atoms with Crippen LogP contribution in [0, 0.1) is 24.1 Å². The number of rotatable bonds is 4. The number of amides is 1. The monoisotopic (exact) mass is 399 g/mol. The first kappa shape index (κ1) is 19.3. The lowest BCUT2D eigenvalue weighted by atomic mass is 10.1. The zero-order valence-electron chi connectivity index (χ0n) is 16.5. The summed E-state index contributed by atoms with van der Waals surface area (Å²) >= 11 is 0. The highest BCUT2D eigenvalue weighted by Crippen LogP contribution is 2.23. The van der Waals surface area contributed by atoms with Crippen molar-refractivity contribution in [2.45, 2.75) is 20.3 Å². The second-order valence-electron chi connectivity index (χ2n) is 6.93. The van der Waals surface area contributed by atoms with Crippen LogP contribution in [0.4, 0.5) is 10.1 Å². The minimum absolute atomic E-state index is 0.131. The van der Waals surface area contributed by atoms with Crippen LogP contribution in [-0.4, -0.2) is 20.9 Å². The lowest BCUT2D eigenvalue weighted by Crippen LogP contribution is -2.14. The molecule has 0 saturated carbocycles. The van der Waals surface area contributed by atoms with Crippen molar-refractivity contribution in [1.82, 2.24) is 15.0 Å². The number of aryl methyl sites for hydroxylation is 2. The lowest BCUT2D eigenvalue weighted by Gasteiger charge is -2.09. The number of nitrogens with one attached hydrogen (secondary N) is 1. The number of hydrogen-bond donors (Lipinski definition) is 1. The lowest BCUT2D eigenvalue weighted by molar-refractivity contribution is 0.102. The fourth-order valence-corrected chi connectivity index (χ4v) is 3.14. The molecule has 0 spiro atoms. The van der Waals surface area contributed by atoms with Crippen LogP contribution in [0.15, 0.2) is 54.6 Å². The standard InChI is InChI=1S/C23H18FN5O/c1-3-15-4-7-17(8-5-15)29-27-21-10-14(2)20(12-22(21)28-29)26-23(30)18-9-6-16(13-25)11-19(18)24/h4-12H,3H2,1-2H3,(H,26,30). The van der Waals surface area contributed by atoms with Gasteiger partial charge in [-0.3, -0.25) is 4.79 Å². The maximum atomic E-state index is 14.2. The van der Waals surface area contributed by atoms with Crippen molar-refractivity contribution in [2.75, 3.05) is 5.32 Å². The van der Waals surface area contributed by atoms with E-state index in [1.807, 2.05) is 43.3 Å². The van der Waals surface area contributed by atoms with E-state index in [4.69, 9.17) is 5.26 Å². The zero-order chi connectivity index (χ0) is 21.3. The molecule has 4 rings (SSSR count). The van der Waals surface area contributed by atoms with Crippen molar-refractivity contribution in [3.05, 3.63) is 82.7 Å². The Hall–Kier alpha value is -4.05. The van der Waals surface area contributed by atoms with Gasteiger partial charge < -0.3 is 5.32 Å². The molecule has 4 aromatic rings. The van der Waals surface area contributed by atoms with Gasteiger partial charge in [0.15, 0.2) is 0 Å². The molecule has 1 N–H and O–H groups in total. The maximum absolute atomic E-state index is 14.2. The molecule has 0 fully saturated rings. The molecular formula is C23H18FN5O. The number of halogens is 1. The first-order chi connectivity index (χ1) is 14.5. The van der Waals surface area contributed by atoms with Crippen molar-refractivity contribution in [3.63, 3.8) is 0 Å². The molecule has 30 heavy (non-hydrogen) atoms. The molecule has 0 bridgehead atoms. The number of benzene rings is 3. The fraction of sp³-hybridized carbons (Fsp3) is 0.130. The van der Waals surface area contributed by atoms with Crippen molar-refractivity contribution in [3.8, 4) is 11.8 Å². The van der Waals surface area contributed by atoms with Crippen LogP contribution in [0.25, 0.3) is 16.7 Å². The van der Waals surface area contributed by atoms with Gasteiger partial charge >= 0.3 is 0 Å². The van der Waals surface area contributed by atoms with E-state index >= 15 is 0 Å². The van der Waals surface area contributed by atoms with E-state index in [1.165, 1.54) is 17.7 Å². The summed E-state index contributed by atoms with van der Waals surface area (Å²) in [6, 6.07) is 17.1. The molecule has 1 heterocycles. The number of carbonyl (C=O) groups excluding carboxylic acids is 1. The van der Waals surface area contributed by atoms with Gasteiger partial charge in [-0.2, -0.15) is 10.1 Å². The minimum atomic E-state index is -0.744. The molecule has 0 aliphatic heterocycles. The van der Waals surface area contributed by atoms with Crippen LogP contribution in [0.5, 0.6) is 0 Å². The summed E-state index contributed by atoms with van der Waals surface area (Å²) < 4.78 is 14.2. The summed E-state index contributed by atoms with van der Waals surface area (Å²) in [6.07, 6.45) is 0.955. The summed E-state index contributed by atoms with van der Waals surface area (Å²) in [4.78, 5) is 14.1. The minimum Gasteiger partial charge on any atom is -0.322 e. The largest absolute Gasteiger partial charge is 0.322 e. The first-order valence-corrected chi connectivity index (χ1v) is 9.46. The highest BCUT2D eigenvalue weighted by Gasteiger charge is 2.15. The van der Waals surface area contributed by atoms with Gasteiger partial charge in [-0.25, -0.2) is 4.39 Å². The molecule has 3 aromatic carbocycles. The highest BCUT2D eigenvalue weighted by atomic mass is 19.1. The summed E-state index contributed by atoms with van der Waals surface area (Å²) in [5, 5.41) is 20.6. The number of nitrogens with zero attached hydrogens (tertiary/aromatic N) is 4. The van der Waals surface area contributed by atoms with E-state index < -0.39 is 11.7 Å². The molecule has 0 aliphatic rings. The van der Waals surface area contributed by atoms with E-state index in [0.29, 0.717) is 16.7 Å². The topological polar surface area (TPSA) is 83.6 Å². The molecule has 1 aromatic heterocycles. The van der Waals surface area contributed by atoms with Crippen LogP contribution in [0.2, 0.25) is 0 Å². The molecule has 6 nitrogen and oxygen atoms in total. The van der Waals surface area contributed by atoms with Gasteiger partial charge in [-0.1, -0.05) is 19.1 Å². The van der Waals surface area contributed by atoms with E-state index in [9.17, 15) is 9.18 Å². The number of carbonyl (C=O) groups is 1. The third kappa shape index (κ3) is 3.63.